The summed E-state index contributed by atoms with van der Waals surface area (Å²) in [6, 6.07) is 0.631. The first-order chi connectivity index (χ1) is 9.25. The second-order valence-electron chi connectivity index (χ2n) is 3.80. The Morgan fingerprint density at radius 2 is 1.05 bits per heavy atom. The molecule has 0 aliphatic rings. The first kappa shape index (κ1) is 14.2. The molecule has 0 unspecified atom stereocenters. The van der Waals surface area contributed by atoms with Crippen molar-refractivity contribution >= 4 is 5.69 Å². The van der Waals surface area contributed by atoms with E-state index in [4.69, 9.17) is 5.73 Å². The van der Waals surface area contributed by atoms with E-state index in [-0.39, 0.29) is 6.07 Å². The van der Waals surface area contributed by atoms with Crippen molar-refractivity contribution in [2.45, 2.75) is 0 Å². The van der Waals surface area contributed by atoms with Gasteiger partial charge in [-0.15, -0.1) is 0 Å². The molecule has 0 aliphatic carbocycles. The first-order valence-electron chi connectivity index (χ1n) is 5.02. The molecule has 0 heterocycles. The Morgan fingerprint density at radius 1 is 0.600 bits per heavy atom. The highest BCUT2D eigenvalue weighted by molar-refractivity contribution is 5.69. The molecule has 0 atom stereocenters. The SMILES string of the molecule is Nc1cc(-c2c(F)c(F)c(F)c(F)c2F)c(F)cc1F. The van der Waals surface area contributed by atoms with E-state index < -0.39 is 57.5 Å². The van der Waals surface area contributed by atoms with E-state index in [1.165, 1.54) is 0 Å². The van der Waals surface area contributed by atoms with E-state index in [0.29, 0.717) is 6.07 Å². The van der Waals surface area contributed by atoms with Crippen molar-refractivity contribution in [3.8, 4) is 11.1 Å². The Morgan fingerprint density at radius 3 is 1.55 bits per heavy atom. The molecule has 0 radical (unpaired) electrons. The van der Waals surface area contributed by atoms with E-state index in [2.05, 4.69) is 0 Å². The zero-order valence-electron chi connectivity index (χ0n) is 9.38. The van der Waals surface area contributed by atoms with Gasteiger partial charge in [0.2, 0.25) is 5.82 Å². The molecular weight excluding hydrogens is 291 g/mol. The van der Waals surface area contributed by atoms with Crippen LogP contribution in [0.5, 0.6) is 0 Å². The highest BCUT2D eigenvalue weighted by Crippen LogP contribution is 2.34. The van der Waals surface area contributed by atoms with Crippen LogP contribution in [0, 0.1) is 40.7 Å². The van der Waals surface area contributed by atoms with Gasteiger partial charge in [-0.25, -0.2) is 30.7 Å². The van der Waals surface area contributed by atoms with Crippen molar-refractivity contribution in [1.29, 1.82) is 0 Å². The standard InChI is InChI=1S/C12H4F7N/c13-4-2-5(14)6(20)1-3(4)7-8(15)10(17)12(19)11(18)9(7)16/h1-2H,20H2. The molecule has 0 aromatic heterocycles. The maximum absolute atomic E-state index is 13.5. The zero-order chi connectivity index (χ0) is 15.2. The normalized spacial score (nSPS) is 10.9. The number of hydrogen-bond donors (Lipinski definition) is 1. The summed E-state index contributed by atoms with van der Waals surface area (Å²) >= 11 is 0. The summed E-state index contributed by atoms with van der Waals surface area (Å²) in [7, 11) is 0. The molecule has 20 heavy (non-hydrogen) atoms. The van der Waals surface area contributed by atoms with Crippen molar-refractivity contribution in [3.05, 3.63) is 52.9 Å². The number of anilines is 1. The molecule has 0 amide bonds. The van der Waals surface area contributed by atoms with Crippen molar-refractivity contribution in [2.24, 2.45) is 0 Å². The van der Waals surface area contributed by atoms with Crippen LogP contribution in [0.4, 0.5) is 36.4 Å². The Labute approximate surface area is 107 Å². The van der Waals surface area contributed by atoms with Gasteiger partial charge in [0, 0.05) is 11.6 Å². The minimum Gasteiger partial charge on any atom is -0.396 e. The average Bonchev–Trinajstić information content (AvgIpc) is 2.40. The third kappa shape index (κ3) is 1.97. The van der Waals surface area contributed by atoms with Crippen molar-refractivity contribution < 1.29 is 30.7 Å². The van der Waals surface area contributed by atoms with Crippen LogP contribution in [0.3, 0.4) is 0 Å². The summed E-state index contributed by atoms with van der Waals surface area (Å²) in [5, 5.41) is 0. The second-order valence-corrected chi connectivity index (χ2v) is 3.80. The number of hydrogen-bond acceptors (Lipinski definition) is 1. The summed E-state index contributed by atoms with van der Waals surface area (Å²) in [5.41, 5.74) is 1.84. The van der Waals surface area contributed by atoms with Crippen LogP contribution in [0.15, 0.2) is 12.1 Å². The van der Waals surface area contributed by atoms with Crippen LogP contribution in [-0.4, -0.2) is 0 Å². The van der Waals surface area contributed by atoms with Crippen molar-refractivity contribution in [1.82, 2.24) is 0 Å². The summed E-state index contributed by atoms with van der Waals surface area (Å²) in [4.78, 5) is 0. The van der Waals surface area contributed by atoms with Crippen LogP contribution in [-0.2, 0) is 0 Å². The number of rotatable bonds is 1. The lowest BCUT2D eigenvalue weighted by molar-refractivity contribution is 0.381. The van der Waals surface area contributed by atoms with Crippen LogP contribution in [0.2, 0.25) is 0 Å². The van der Waals surface area contributed by atoms with Gasteiger partial charge in [0.25, 0.3) is 0 Å². The summed E-state index contributed by atoms with van der Waals surface area (Å²) in [5.74, 6) is -14.0. The first-order valence-corrected chi connectivity index (χ1v) is 5.02. The van der Waals surface area contributed by atoms with Gasteiger partial charge in [0.05, 0.1) is 11.3 Å². The van der Waals surface area contributed by atoms with Gasteiger partial charge in [-0.1, -0.05) is 0 Å². The molecule has 0 fully saturated rings. The molecule has 2 rings (SSSR count). The number of nitrogen functional groups attached to an aromatic ring is 1. The molecule has 2 N–H and O–H groups in total. The molecule has 1 nitrogen and oxygen atoms in total. The summed E-state index contributed by atoms with van der Waals surface area (Å²) in [6.07, 6.45) is 0. The molecule has 0 saturated heterocycles. The fourth-order valence-corrected chi connectivity index (χ4v) is 1.60. The second kappa shape index (κ2) is 4.69. The van der Waals surface area contributed by atoms with E-state index >= 15 is 0 Å². The molecule has 106 valence electrons. The predicted octanol–water partition coefficient (Wildman–Crippen LogP) is 3.91. The molecule has 2 aromatic rings. The Bertz CT molecular complexity index is 683. The van der Waals surface area contributed by atoms with Crippen LogP contribution in [0.25, 0.3) is 11.1 Å². The summed E-state index contributed by atoms with van der Waals surface area (Å²) < 4.78 is 92.2. The van der Waals surface area contributed by atoms with E-state index in [0.717, 1.165) is 0 Å². The maximum atomic E-state index is 13.5. The lowest BCUT2D eigenvalue weighted by Gasteiger charge is -2.10. The zero-order valence-corrected chi connectivity index (χ0v) is 9.38. The fraction of sp³-hybridized carbons (Fsp3) is 0. The lowest BCUT2D eigenvalue weighted by atomic mass is 10.0. The van der Waals surface area contributed by atoms with Crippen LogP contribution in [0.1, 0.15) is 0 Å². The highest BCUT2D eigenvalue weighted by Gasteiger charge is 2.28. The third-order valence-electron chi connectivity index (χ3n) is 2.57. The lowest BCUT2D eigenvalue weighted by Crippen LogP contribution is -2.06. The monoisotopic (exact) mass is 295 g/mol. The number of halogens is 7. The smallest absolute Gasteiger partial charge is 0.200 e. The molecular formula is C12H4F7N. The van der Waals surface area contributed by atoms with E-state index in [1.54, 1.807) is 0 Å². The van der Waals surface area contributed by atoms with Gasteiger partial charge in [-0.2, -0.15) is 0 Å². The maximum Gasteiger partial charge on any atom is 0.200 e. The van der Waals surface area contributed by atoms with E-state index in [9.17, 15) is 30.7 Å². The molecule has 0 bridgehead atoms. The minimum atomic E-state index is -2.38. The van der Waals surface area contributed by atoms with Gasteiger partial charge >= 0.3 is 0 Å². The quantitative estimate of drug-likeness (QED) is 0.367. The average molecular weight is 295 g/mol. The fourth-order valence-electron chi connectivity index (χ4n) is 1.60. The van der Waals surface area contributed by atoms with Gasteiger partial charge in [-0.3, -0.25) is 0 Å². The van der Waals surface area contributed by atoms with Gasteiger partial charge < -0.3 is 5.73 Å². The molecule has 0 spiro atoms. The minimum absolute atomic E-state index is 0.183. The predicted molar refractivity (Wildman–Crippen MR) is 56.0 cm³/mol. The highest BCUT2D eigenvalue weighted by atomic mass is 19.2. The third-order valence-corrected chi connectivity index (χ3v) is 2.57. The summed E-state index contributed by atoms with van der Waals surface area (Å²) in [6.45, 7) is 0. The molecule has 0 aliphatic heterocycles. The van der Waals surface area contributed by atoms with Crippen molar-refractivity contribution in [2.75, 3.05) is 5.73 Å². The van der Waals surface area contributed by atoms with Gasteiger partial charge in [0.1, 0.15) is 11.6 Å². The van der Waals surface area contributed by atoms with Gasteiger partial charge in [0.15, 0.2) is 23.3 Å². The largest absolute Gasteiger partial charge is 0.396 e. The molecule has 8 heteroatoms. The number of benzene rings is 2. The Kier molecular flexibility index (Phi) is 3.33. The molecule has 2 aromatic carbocycles. The van der Waals surface area contributed by atoms with Crippen molar-refractivity contribution in [3.63, 3.8) is 0 Å². The molecule has 0 saturated carbocycles. The van der Waals surface area contributed by atoms with Gasteiger partial charge in [-0.05, 0) is 6.07 Å². The van der Waals surface area contributed by atoms with Crippen LogP contribution < -0.4 is 5.73 Å². The topological polar surface area (TPSA) is 26.0 Å². The Balaban J connectivity index is 2.87. The van der Waals surface area contributed by atoms with Crippen LogP contribution >= 0.6 is 0 Å². The Hall–Kier alpha value is -2.25. The number of nitrogens with two attached hydrogens (primary N) is 1. The van der Waals surface area contributed by atoms with E-state index in [1.807, 2.05) is 0 Å².